The van der Waals surface area contributed by atoms with Crippen LogP contribution < -0.4 is 5.73 Å². The molecule has 0 aliphatic heterocycles. The number of hydrogen-bond donors (Lipinski definition) is 1. The Morgan fingerprint density at radius 1 is 1.12 bits per heavy atom. The van der Waals surface area contributed by atoms with Gasteiger partial charge in [-0.05, 0) is 32.3 Å². The fraction of sp³-hybridized carbons (Fsp3) is 0.476. The topological polar surface area (TPSA) is 48.0 Å². The van der Waals surface area contributed by atoms with Crippen molar-refractivity contribution in [2.45, 2.75) is 65.8 Å². The van der Waals surface area contributed by atoms with Gasteiger partial charge in [0.25, 0.3) is 5.91 Å². The predicted octanol–water partition coefficient (Wildman–Crippen LogP) is 5.75. The van der Waals surface area contributed by atoms with Gasteiger partial charge in [-0.25, -0.2) is 0 Å². The molecular formula is C21H29ClN2O. The predicted molar refractivity (Wildman–Crippen MR) is 106 cm³/mol. The summed E-state index contributed by atoms with van der Waals surface area (Å²) in [6.45, 7) is 7.29. The van der Waals surface area contributed by atoms with Crippen LogP contribution in [-0.4, -0.2) is 10.5 Å². The van der Waals surface area contributed by atoms with Crippen LogP contribution in [0, 0.1) is 6.92 Å². The van der Waals surface area contributed by atoms with Gasteiger partial charge in [0.2, 0.25) is 0 Å². The normalized spacial score (nSPS) is 11.0. The van der Waals surface area contributed by atoms with Crippen molar-refractivity contribution in [2.75, 3.05) is 0 Å². The number of nitrogens with zero attached hydrogens (tertiary/aromatic N) is 1. The number of amides is 1. The van der Waals surface area contributed by atoms with Gasteiger partial charge in [-0.1, -0.05) is 62.9 Å². The Bertz CT molecular complexity index is 734. The van der Waals surface area contributed by atoms with Crippen LogP contribution in [0.15, 0.2) is 24.3 Å². The van der Waals surface area contributed by atoms with Gasteiger partial charge in [-0.15, -0.1) is 0 Å². The molecule has 0 atom stereocenters. The van der Waals surface area contributed by atoms with E-state index in [2.05, 4.69) is 18.4 Å². The Morgan fingerprint density at radius 2 is 1.80 bits per heavy atom. The van der Waals surface area contributed by atoms with Crippen molar-refractivity contribution in [1.82, 2.24) is 4.57 Å². The number of primary amides is 1. The van der Waals surface area contributed by atoms with Gasteiger partial charge in [-0.2, -0.15) is 0 Å². The highest BCUT2D eigenvalue weighted by Crippen LogP contribution is 2.37. The van der Waals surface area contributed by atoms with Crippen LogP contribution in [0.4, 0.5) is 0 Å². The molecule has 0 fully saturated rings. The van der Waals surface area contributed by atoms with Gasteiger partial charge in [0.15, 0.2) is 0 Å². The molecule has 2 rings (SSSR count). The molecular weight excluding hydrogens is 332 g/mol. The van der Waals surface area contributed by atoms with E-state index in [0.29, 0.717) is 10.6 Å². The molecule has 25 heavy (non-hydrogen) atoms. The minimum absolute atomic E-state index is 0.376. The Kier molecular flexibility index (Phi) is 7.12. The van der Waals surface area contributed by atoms with E-state index in [1.807, 2.05) is 31.2 Å². The van der Waals surface area contributed by atoms with Gasteiger partial charge in [0.1, 0.15) is 0 Å². The van der Waals surface area contributed by atoms with Crippen LogP contribution in [0.3, 0.4) is 0 Å². The third kappa shape index (κ3) is 4.27. The van der Waals surface area contributed by atoms with Gasteiger partial charge >= 0.3 is 0 Å². The van der Waals surface area contributed by atoms with Crippen molar-refractivity contribution in [1.29, 1.82) is 0 Å². The summed E-state index contributed by atoms with van der Waals surface area (Å²) < 4.78 is 2.29. The smallest absolute Gasteiger partial charge is 0.251 e. The second kappa shape index (κ2) is 9.10. The molecule has 1 aromatic carbocycles. The SMILES string of the molecule is CCCCCc1c(-c2ccccc2Cl)c(C(N)=O)c(C)n1CCCC. The summed E-state index contributed by atoms with van der Waals surface area (Å²) in [5, 5.41) is 0.661. The summed E-state index contributed by atoms with van der Waals surface area (Å²) in [4.78, 5) is 12.3. The Balaban J connectivity index is 2.67. The number of unbranched alkanes of at least 4 members (excludes halogenated alkanes) is 3. The quantitative estimate of drug-likeness (QED) is 0.568. The zero-order valence-electron chi connectivity index (χ0n) is 15.6. The largest absolute Gasteiger partial charge is 0.366 e. The molecule has 0 aliphatic rings. The molecule has 1 aromatic heterocycles. The average molecular weight is 361 g/mol. The second-order valence-corrected chi connectivity index (χ2v) is 7.00. The van der Waals surface area contributed by atoms with Crippen LogP contribution in [0.1, 0.15) is 67.7 Å². The zero-order chi connectivity index (χ0) is 18.4. The molecule has 1 heterocycles. The lowest BCUT2D eigenvalue weighted by molar-refractivity contribution is 0.1000. The minimum atomic E-state index is -0.376. The molecule has 0 saturated heterocycles. The molecule has 3 nitrogen and oxygen atoms in total. The van der Waals surface area contributed by atoms with Gasteiger partial charge < -0.3 is 10.3 Å². The summed E-state index contributed by atoms with van der Waals surface area (Å²) in [6, 6.07) is 7.72. The average Bonchev–Trinajstić information content (AvgIpc) is 2.85. The Hall–Kier alpha value is -1.74. The first-order valence-electron chi connectivity index (χ1n) is 9.29. The van der Waals surface area contributed by atoms with Crippen LogP contribution in [0.5, 0.6) is 0 Å². The second-order valence-electron chi connectivity index (χ2n) is 6.59. The van der Waals surface area contributed by atoms with E-state index < -0.39 is 0 Å². The fourth-order valence-electron chi connectivity index (χ4n) is 3.47. The van der Waals surface area contributed by atoms with Crippen LogP contribution in [0.25, 0.3) is 11.1 Å². The van der Waals surface area contributed by atoms with Crippen molar-refractivity contribution < 1.29 is 4.79 Å². The number of aromatic nitrogens is 1. The van der Waals surface area contributed by atoms with E-state index >= 15 is 0 Å². The first-order valence-corrected chi connectivity index (χ1v) is 9.67. The zero-order valence-corrected chi connectivity index (χ0v) is 16.3. The standard InChI is InChI=1S/C21H29ClN2O/c1-4-6-8-13-18-20(16-11-9-10-12-17(16)22)19(21(23)25)15(3)24(18)14-7-5-2/h9-12H,4-8,13-14H2,1-3H3,(H2,23,25). The molecule has 136 valence electrons. The van der Waals surface area contributed by atoms with Crippen LogP contribution in [-0.2, 0) is 13.0 Å². The summed E-state index contributed by atoms with van der Waals surface area (Å²) in [5.74, 6) is -0.376. The molecule has 0 aliphatic carbocycles. The van der Waals surface area contributed by atoms with Crippen molar-refractivity contribution in [3.63, 3.8) is 0 Å². The van der Waals surface area contributed by atoms with Crippen molar-refractivity contribution in [3.8, 4) is 11.1 Å². The lowest BCUT2D eigenvalue weighted by atomic mass is 9.97. The summed E-state index contributed by atoms with van der Waals surface area (Å²) in [7, 11) is 0. The highest BCUT2D eigenvalue weighted by Gasteiger charge is 2.25. The lowest BCUT2D eigenvalue weighted by Crippen LogP contribution is -2.13. The third-order valence-corrected chi connectivity index (χ3v) is 5.10. The molecule has 2 aromatic rings. The number of hydrogen-bond acceptors (Lipinski definition) is 1. The highest BCUT2D eigenvalue weighted by molar-refractivity contribution is 6.33. The molecule has 0 radical (unpaired) electrons. The minimum Gasteiger partial charge on any atom is -0.366 e. The lowest BCUT2D eigenvalue weighted by Gasteiger charge is -2.13. The van der Waals surface area contributed by atoms with Crippen LogP contribution >= 0.6 is 11.6 Å². The molecule has 0 spiro atoms. The van der Waals surface area contributed by atoms with E-state index in [1.165, 1.54) is 18.5 Å². The van der Waals surface area contributed by atoms with E-state index in [-0.39, 0.29) is 5.91 Å². The molecule has 0 unspecified atom stereocenters. The third-order valence-electron chi connectivity index (χ3n) is 4.77. The molecule has 0 saturated carbocycles. The maximum Gasteiger partial charge on any atom is 0.251 e. The fourth-order valence-corrected chi connectivity index (χ4v) is 3.70. The van der Waals surface area contributed by atoms with Gasteiger partial charge in [0.05, 0.1) is 5.56 Å². The Morgan fingerprint density at radius 3 is 2.40 bits per heavy atom. The van der Waals surface area contributed by atoms with Crippen molar-refractivity contribution in [2.24, 2.45) is 5.73 Å². The van der Waals surface area contributed by atoms with E-state index in [4.69, 9.17) is 17.3 Å². The monoisotopic (exact) mass is 360 g/mol. The highest BCUT2D eigenvalue weighted by atomic mass is 35.5. The number of benzene rings is 1. The number of carbonyl (C=O) groups excluding carboxylic acids is 1. The van der Waals surface area contributed by atoms with Gasteiger partial charge in [0, 0.05) is 34.1 Å². The Labute approximate surface area is 156 Å². The first-order chi connectivity index (χ1) is 12.0. The molecule has 1 amide bonds. The molecule has 0 bridgehead atoms. The number of carbonyl (C=O) groups is 1. The van der Waals surface area contributed by atoms with Crippen molar-refractivity contribution >= 4 is 17.5 Å². The van der Waals surface area contributed by atoms with E-state index in [1.54, 1.807) is 0 Å². The first kappa shape index (κ1) is 19.6. The number of halogens is 1. The molecule has 4 heteroatoms. The maximum absolute atomic E-state index is 12.3. The molecule has 2 N–H and O–H groups in total. The van der Waals surface area contributed by atoms with Crippen LogP contribution in [0.2, 0.25) is 5.02 Å². The number of nitrogens with two attached hydrogens (primary N) is 1. The maximum atomic E-state index is 12.3. The summed E-state index contributed by atoms with van der Waals surface area (Å²) in [5.41, 5.74) is 10.4. The van der Waals surface area contributed by atoms with Gasteiger partial charge in [-0.3, -0.25) is 4.79 Å². The summed E-state index contributed by atoms with van der Waals surface area (Å²) in [6.07, 6.45) is 6.56. The van der Waals surface area contributed by atoms with Crippen molar-refractivity contribution in [3.05, 3.63) is 46.2 Å². The number of rotatable bonds is 9. The van der Waals surface area contributed by atoms with E-state index in [9.17, 15) is 4.79 Å². The summed E-state index contributed by atoms with van der Waals surface area (Å²) >= 11 is 6.47. The van der Waals surface area contributed by atoms with E-state index in [0.717, 1.165) is 49.0 Å².